The van der Waals surface area contributed by atoms with E-state index in [0.717, 1.165) is 25.9 Å². The highest BCUT2D eigenvalue weighted by molar-refractivity contribution is 6.04. The number of hydrogen-bond acceptors (Lipinski definition) is 5. The summed E-state index contributed by atoms with van der Waals surface area (Å²) in [5.41, 5.74) is 0.641. The third kappa shape index (κ3) is 4.26. The van der Waals surface area contributed by atoms with Crippen molar-refractivity contribution >= 4 is 22.6 Å². The van der Waals surface area contributed by atoms with Crippen LogP contribution >= 0.6 is 0 Å². The van der Waals surface area contributed by atoms with Crippen LogP contribution in [0.3, 0.4) is 0 Å². The molecule has 0 spiro atoms. The lowest BCUT2D eigenvalue weighted by molar-refractivity contribution is -0.131. The molecule has 2 aliphatic heterocycles. The molecule has 1 aromatic heterocycles. The van der Waals surface area contributed by atoms with Gasteiger partial charge in [0.25, 0.3) is 11.5 Å². The second-order valence-corrected chi connectivity index (χ2v) is 8.60. The van der Waals surface area contributed by atoms with E-state index in [-0.39, 0.29) is 23.1 Å². The molecular formula is C25H27N5O3. The van der Waals surface area contributed by atoms with Gasteiger partial charge >= 0.3 is 0 Å². The minimum absolute atomic E-state index is 0.176. The summed E-state index contributed by atoms with van der Waals surface area (Å²) in [4.78, 5) is 44.8. The Morgan fingerprint density at radius 3 is 2.09 bits per heavy atom. The first kappa shape index (κ1) is 21.3. The lowest BCUT2D eigenvalue weighted by atomic mass is 10.1. The van der Waals surface area contributed by atoms with Gasteiger partial charge in [0, 0.05) is 44.7 Å². The molecule has 0 radical (unpaired) electrons. The van der Waals surface area contributed by atoms with Gasteiger partial charge in [-0.25, -0.2) is 0 Å². The van der Waals surface area contributed by atoms with Crippen molar-refractivity contribution in [2.75, 3.05) is 45.8 Å². The van der Waals surface area contributed by atoms with Crippen LogP contribution in [0.15, 0.2) is 59.4 Å². The molecule has 170 valence electrons. The van der Waals surface area contributed by atoms with E-state index in [2.05, 4.69) is 10.00 Å². The van der Waals surface area contributed by atoms with E-state index >= 15 is 0 Å². The van der Waals surface area contributed by atoms with Crippen LogP contribution in [-0.2, 0) is 4.79 Å². The molecule has 3 aromatic rings. The standard InChI is InChI=1S/C25H27N5O3/c31-22(28-12-6-7-13-28)18-27-14-16-29(17-15-27)25(33)23-20-10-4-5-11-21(20)24(32)30(26-23)19-8-2-1-3-9-19/h1-5,8-11H,6-7,12-18H2. The molecule has 5 rings (SSSR count). The lowest BCUT2D eigenvalue weighted by Crippen LogP contribution is -2.51. The molecule has 3 heterocycles. The van der Waals surface area contributed by atoms with E-state index in [1.54, 1.807) is 35.2 Å². The van der Waals surface area contributed by atoms with Crippen molar-refractivity contribution in [1.82, 2.24) is 24.5 Å². The van der Waals surface area contributed by atoms with Crippen molar-refractivity contribution in [1.29, 1.82) is 0 Å². The first-order valence-electron chi connectivity index (χ1n) is 11.5. The van der Waals surface area contributed by atoms with Crippen molar-refractivity contribution in [3.8, 4) is 5.69 Å². The predicted octanol–water partition coefficient (Wildman–Crippen LogP) is 1.77. The van der Waals surface area contributed by atoms with Crippen molar-refractivity contribution in [2.24, 2.45) is 0 Å². The molecule has 2 amide bonds. The van der Waals surface area contributed by atoms with Crippen LogP contribution in [0.25, 0.3) is 16.5 Å². The number of carbonyl (C=O) groups excluding carboxylic acids is 2. The predicted molar refractivity (Wildman–Crippen MR) is 125 cm³/mol. The summed E-state index contributed by atoms with van der Waals surface area (Å²) >= 11 is 0. The maximum absolute atomic E-state index is 13.5. The molecule has 2 aromatic carbocycles. The third-order valence-electron chi connectivity index (χ3n) is 6.49. The molecule has 2 fully saturated rings. The van der Waals surface area contributed by atoms with Crippen molar-refractivity contribution in [2.45, 2.75) is 12.8 Å². The fourth-order valence-electron chi connectivity index (χ4n) is 4.61. The molecule has 2 saturated heterocycles. The van der Waals surface area contributed by atoms with E-state index in [1.165, 1.54) is 4.68 Å². The number of aromatic nitrogens is 2. The smallest absolute Gasteiger partial charge is 0.279 e. The quantitative estimate of drug-likeness (QED) is 0.612. The summed E-state index contributed by atoms with van der Waals surface area (Å²) in [7, 11) is 0. The van der Waals surface area contributed by atoms with Crippen LogP contribution < -0.4 is 5.56 Å². The molecule has 8 nitrogen and oxygen atoms in total. The summed E-state index contributed by atoms with van der Waals surface area (Å²) in [6.07, 6.45) is 2.17. The number of para-hydroxylation sites is 1. The average molecular weight is 446 g/mol. The second-order valence-electron chi connectivity index (χ2n) is 8.60. The Hall–Kier alpha value is -3.52. The molecule has 0 saturated carbocycles. The Kier molecular flexibility index (Phi) is 5.92. The number of fused-ring (bicyclic) bond motifs is 1. The number of likely N-dealkylation sites (tertiary alicyclic amines) is 1. The summed E-state index contributed by atoms with van der Waals surface area (Å²) in [6.45, 7) is 4.44. The molecule has 0 aliphatic carbocycles. The molecule has 2 aliphatic rings. The van der Waals surface area contributed by atoms with E-state index in [0.29, 0.717) is 49.2 Å². The Bertz CT molecular complexity index is 1230. The summed E-state index contributed by atoms with van der Waals surface area (Å²) in [6, 6.07) is 16.3. The molecule has 33 heavy (non-hydrogen) atoms. The van der Waals surface area contributed by atoms with Crippen molar-refractivity contribution in [3.05, 3.63) is 70.6 Å². The molecule has 0 unspecified atom stereocenters. The minimum Gasteiger partial charge on any atom is -0.342 e. The van der Waals surface area contributed by atoms with Gasteiger partial charge in [0.1, 0.15) is 0 Å². The SMILES string of the molecule is O=C(CN1CCN(C(=O)c2nn(-c3ccccc3)c(=O)c3ccccc23)CC1)N1CCCC1. The topological polar surface area (TPSA) is 78.8 Å². The van der Waals surface area contributed by atoms with Gasteiger partial charge in [-0.05, 0) is 31.0 Å². The van der Waals surface area contributed by atoms with Crippen molar-refractivity contribution < 1.29 is 9.59 Å². The summed E-state index contributed by atoms with van der Waals surface area (Å²) in [5.74, 6) is -0.0173. The van der Waals surface area contributed by atoms with Gasteiger partial charge in [0.2, 0.25) is 5.91 Å². The van der Waals surface area contributed by atoms with Gasteiger partial charge in [-0.15, -0.1) is 0 Å². The van der Waals surface area contributed by atoms with Gasteiger partial charge in [-0.1, -0.05) is 36.4 Å². The number of piperazine rings is 1. The zero-order valence-corrected chi connectivity index (χ0v) is 18.5. The average Bonchev–Trinajstić information content (AvgIpc) is 3.40. The fraction of sp³-hybridized carbons (Fsp3) is 0.360. The van der Waals surface area contributed by atoms with E-state index in [4.69, 9.17) is 0 Å². The summed E-state index contributed by atoms with van der Waals surface area (Å²) < 4.78 is 1.31. The molecule has 0 bridgehead atoms. The number of rotatable bonds is 4. The van der Waals surface area contributed by atoms with Crippen LogP contribution in [-0.4, -0.2) is 82.1 Å². The van der Waals surface area contributed by atoms with Gasteiger partial charge < -0.3 is 9.80 Å². The van der Waals surface area contributed by atoms with Gasteiger partial charge in [0.05, 0.1) is 17.6 Å². The summed E-state index contributed by atoms with van der Waals surface area (Å²) in [5, 5.41) is 5.53. The Labute approximate surface area is 192 Å². The van der Waals surface area contributed by atoms with Gasteiger partial charge in [-0.3, -0.25) is 19.3 Å². The maximum Gasteiger partial charge on any atom is 0.279 e. The largest absolute Gasteiger partial charge is 0.342 e. The van der Waals surface area contributed by atoms with E-state index in [1.807, 2.05) is 29.2 Å². The van der Waals surface area contributed by atoms with E-state index in [9.17, 15) is 14.4 Å². The van der Waals surface area contributed by atoms with Gasteiger partial charge in [-0.2, -0.15) is 9.78 Å². The van der Waals surface area contributed by atoms with Gasteiger partial charge in [0.15, 0.2) is 5.69 Å². The zero-order valence-electron chi connectivity index (χ0n) is 18.5. The molecule has 0 N–H and O–H groups in total. The number of nitrogens with zero attached hydrogens (tertiary/aromatic N) is 5. The van der Waals surface area contributed by atoms with Crippen LogP contribution in [0.2, 0.25) is 0 Å². The normalized spacial score (nSPS) is 17.0. The number of benzene rings is 2. The van der Waals surface area contributed by atoms with Crippen LogP contribution in [0.4, 0.5) is 0 Å². The number of amides is 2. The van der Waals surface area contributed by atoms with Crippen LogP contribution in [0, 0.1) is 0 Å². The molecular weight excluding hydrogens is 418 g/mol. The Morgan fingerprint density at radius 1 is 0.758 bits per heavy atom. The van der Waals surface area contributed by atoms with E-state index < -0.39 is 0 Å². The monoisotopic (exact) mass is 445 g/mol. The fourth-order valence-corrected chi connectivity index (χ4v) is 4.61. The molecule has 0 atom stereocenters. The first-order valence-corrected chi connectivity index (χ1v) is 11.5. The van der Waals surface area contributed by atoms with Crippen LogP contribution in [0.1, 0.15) is 23.3 Å². The maximum atomic E-state index is 13.5. The second kappa shape index (κ2) is 9.15. The first-order chi connectivity index (χ1) is 16.1. The minimum atomic E-state index is -0.251. The Balaban J connectivity index is 1.37. The highest BCUT2D eigenvalue weighted by atomic mass is 16.2. The highest BCUT2D eigenvalue weighted by Crippen LogP contribution is 2.18. The Morgan fingerprint density at radius 2 is 1.39 bits per heavy atom. The lowest BCUT2D eigenvalue weighted by Gasteiger charge is -2.35. The number of hydrogen-bond donors (Lipinski definition) is 0. The van der Waals surface area contributed by atoms with Crippen LogP contribution in [0.5, 0.6) is 0 Å². The highest BCUT2D eigenvalue weighted by Gasteiger charge is 2.28. The molecule has 8 heteroatoms. The third-order valence-corrected chi connectivity index (χ3v) is 6.49. The zero-order chi connectivity index (χ0) is 22.8. The van der Waals surface area contributed by atoms with Crippen molar-refractivity contribution in [3.63, 3.8) is 0 Å². The number of carbonyl (C=O) groups is 2.